The van der Waals surface area contributed by atoms with E-state index < -0.39 is 12.1 Å². The molecule has 1 unspecified atom stereocenters. The fourth-order valence-corrected chi connectivity index (χ4v) is 3.76. The van der Waals surface area contributed by atoms with Gasteiger partial charge in [0, 0.05) is 25.8 Å². The summed E-state index contributed by atoms with van der Waals surface area (Å²) in [5.41, 5.74) is 0.851. The van der Waals surface area contributed by atoms with Crippen molar-refractivity contribution in [3.63, 3.8) is 0 Å². The molecule has 0 bridgehead atoms. The second kappa shape index (κ2) is 10.2. The zero-order chi connectivity index (χ0) is 23.3. The fourth-order valence-electron chi connectivity index (χ4n) is 3.76. The third kappa shape index (κ3) is 6.35. The molecule has 2 N–H and O–H groups in total. The van der Waals surface area contributed by atoms with Crippen LogP contribution in [-0.4, -0.2) is 50.7 Å². The summed E-state index contributed by atoms with van der Waals surface area (Å²) in [5.74, 6) is -0.0497. The first-order valence-corrected chi connectivity index (χ1v) is 10.5. The molecule has 0 aromatic carbocycles. The van der Waals surface area contributed by atoms with Gasteiger partial charge >= 0.3 is 12.1 Å². The predicted octanol–water partition coefficient (Wildman–Crippen LogP) is 3.15. The van der Waals surface area contributed by atoms with Crippen LogP contribution in [-0.2, 0) is 29.1 Å². The molecule has 1 aliphatic carbocycles. The Balaban J connectivity index is 0.000000360. The van der Waals surface area contributed by atoms with Gasteiger partial charge in [0.25, 0.3) is 0 Å². The number of alkyl halides is 3. The minimum absolute atomic E-state index is 0.0224. The maximum atomic E-state index is 12.1. The van der Waals surface area contributed by atoms with E-state index >= 15 is 0 Å². The fraction of sp³-hybridized carbons (Fsp3) is 0.571. The summed E-state index contributed by atoms with van der Waals surface area (Å²) in [6, 6.07) is 4.00. The van der Waals surface area contributed by atoms with Crippen LogP contribution < -0.4 is 5.32 Å². The Kier molecular flexibility index (Phi) is 7.60. The summed E-state index contributed by atoms with van der Waals surface area (Å²) in [6.45, 7) is 5.88. The Hall–Kier alpha value is -2.82. The van der Waals surface area contributed by atoms with E-state index in [4.69, 9.17) is 19.3 Å². The van der Waals surface area contributed by atoms with Gasteiger partial charge in [-0.3, -0.25) is 9.69 Å². The van der Waals surface area contributed by atoms with E-state index in [1.807, 2.05) is 18.3 Å². The number of amides is 1. The van der Waals surface area contributed by atoms with E-state index in [-0.39, 0.29) is 5.91 Å². The lowest BCUT2D eigenvalue weighted by atomic mass is 9.84. The van der Waals surface area contributed by atoms with Crippen LogP contribution in [0, 0.1) is 5.92 Å². The van der Waals surface area contributed by atoms with Gasteiger partial charge < -0.3 is 19.4 Å². The molecular formula is C21H27F3N4O4. The van der Waals surface area contributed by atoms with E-state index in [9.17, 15) is 18.0 Å². The largest absolute Gasteiger partial charge is 0.490 e. The summed E-state index contributed by atoms with van der Waals surface area (Å²) >= 11 is 0. The highest BCUT2D eigenvalue weighted by Crippen LogP contribution is 2.32. The van der Waals surface area contributed by atoms with Gasteiger partial charge in [-0.05, 0) is 37.8 Å². The van der Waals surface area contributed by atoms with Crippen molar-refractivity contribution in [2.45, 2.75) is 57.9 Å². The summed E-state index contributed by atoms with van der Waals surface area (Å²) in [6.07, 6.45) is 3.02. The molecule has 0 radical (unpaired) electrons. The quantitative estimate of drug-likeness (QED) is 0.693. The topological polar surface area (TPSA) is 101 Å². The van der Waals surface area contributed by atoms with Crippen LogP contribution in [0.3, 0.4) is 0 Å². The summed E-state index contributed by atoms with van der Waals surface area (Å²) in [5, 5.41) is 10.0. The molecule has 1 amide bonds. The number of hydrogen-bond donors (Lipinski definition) is 2. The zero-order valence-electron chi connectivity index (χ0n) is 17.8. The first-order chi connectivity index (χ1) is 15.1. The monoisotopic (exact) mass is 456 g/mol. The number of carbonyl (C=O) groups excluding carboxylic acids is 1. The summed E-state index contributed by atoms with van der Waals surface area (Å²) in [7, 11) is 0. The summed E-state index contributed by atoms with van der Waals surface area (Å²) in [4.78, 5) is 28.3. The number of hydrogen-bond acceptors (Lipinski definition) is 5. The average molecular weight is 456 g/mol. The van der Waals surface area contributed by atoms with E-state index in [0.29, 0.717) is 19.0 Å². The SMILES string of the molecule is CC1c2nc(CC(=O)NCc3ccco3)cn2CCN1CC1CCC1.O=C(O)C(F)(F)F. The van der Waals surface area contributed by atoms with Gasteiger partial charge in [0.15, 0.2) is 0 Å². The molecule has 32 heavy (non-hydrogen) atoms. The molecule has 176 valence electrons. The number of imidazole rings is 1. The smallest absolute Gasteiger partial charge is 0.475 e. The number of nitrogens with one attached hydrogen (secondary N) is 1. The molecule has 8 nitrogen and oxygen atoms in total. The van der Waals surface area contributed by atoms with Crippen LogP contribution in [0.15, 0.2) is 29.0 Å². The molecule has 2 aromatic rings. The van der Waals surface area contributed by atoms with Gasteiger partial charge in [-0.15, -0.1) is 0 Å². The van der Waals surface area contributed by atoms with Gasteiger partial charge in [-0.25, -0.2) is 9.78 Å². The number of furan rings is 1. The molecule has 11 heteroatoms. The lowest BCUT2D eigenvalue weighted by molar-refractivity contribution is -0.192. The van der Waals surface area contributed by atoms with E-state index in [2.05, 4.69) is 21.7 Å². The standard InChI is InChI=1S/C19H26N4O2.C2HF3O2/c1-14-19-21-16(10-18(24)20-11-17-6-3-9-25-17)13-23(19)8-7-22(14)12-15-4-2-5-15;3-2(4,5)1(6)7/h3,6,9,13-15H,2,4-5,7-8,10-12H2,1H3,(H,20,24);(H,6,7). The Bertz CT molecular complexity index is 907. The molecule has 0 spiro atoms. The molecule has 0 saturated heterocycles. The third-order valence-electron chi connectivity index (χ3n) is 5.75. The van der Waals surface area contributed by atoms with Gasteiger partial charge in [-0.1, -0.05) is 6.42 Å². The first-order valence-electron chi connectivity index (χ1n) is 10.5. The van der Waals surface area contributed by atoms with E-state index in [1.165, 1.54) is 25.8 Å². The maximum Gasteiger partial charge on any atom is 0.490 e. The van der Waals surface area contributed by atoms with Crippen molar-refractivity contribution < 1.29 is 32.3 Å². The van der Waals surface area contributed by atoms with Crippen molar-refractivity contribution in [1.82, 2.24) is 19.8 Å². The Morgan fingerprint density at radius 1 is 1.31 bits per heavy atom. The molecule has 1 fully saturated rings. The minimum atomic E-state index is -5.08. The molecule has 2 aliphatic rings. The number of carboxylic acids is 1. The minimum Gasteiger partial charge on any atom is -0.475 e. The first kappa shape index (κ1) is 23.8. The van der Waals surface area contributed by atoms with Crippen molar-refractivity contribution in [2.24, 2.45) is 5.92 Å². The number of fused-ring (bicyclic) bond motifs is 1. The molecule has 3 heterocycles. The Labute approximate surface area is 183 Å². The van der Waals surface area contributed by atoms with E-state index in [1.54, 1.807) is 6.26 Å². The van der Waals surface area contributed by atoms with Crippen LogP contribution in [0.2, 0.25) is 0 Å². The number of aromatic nitrogens is 2. The van der Waals surface area contributed by atoms with Gasteiger partial charge in [0.05, 0.1) is 31.0 Å². The van der Waals surface area contributed by atoms with Crippen LogP contribution in [0.1, 0.15) is 49.5 Å². The Morgan fingerprint density at radius 2 is 2.03 bits per heavy atom. The molecular weight excluding hydrogens is 429 g/mol. The highest BCUT2D eigenvalue weighted by molar-refractivity contribution is 5.78. The number of carbonyl (C=O) groups is 2. The zero-order valence-corrected chi connectivity index (χ0v) is 17.8. The number of halogens is 3. The second-order valence-electron chi connectivity index (χ2n) is 8.09. The highest BCUT2D eigenvalue weighted by Gasteiger charge is 2.38. The highest BCUT2D eigenvalue weighted by atomic mass is 19.4. The van der Waals surface area contributed by atoms with E-state index in [0.717, 1.165) is 36.3 Å². The maximum absolute atomic E-state index is 12.1. The van der Waals surface area contributed by atoms with Gasteiger partial charge in [-0.2, -0.15) is 13.2 Å². The molecule has 2 aromatic heterocycles. The lowest BCUT2D eigenvalue weighted by Gasteiger charge is -2.38. The number of aliphatic carboxylic acids is 1. The average Bonchev–Trinajstić information content (AvgIpc) is 3.34. The normalized spacial score (nSPS) is 18.8. The molecule has 4 rings (SSSR count). The van der Waals surface area contributed by atoms with Crippen LogP contribution >= 0.6 is 0 Å². The summed E-state index contributed by atoms with van der Waals surface area (Å²) < 4.78 is 39.2. The van der Waals surface area contributed by atoms with Crippen molar-refractivity contribution in [3.05, 3.63) is 41.9 Å². The van der Waals surface area contributed by atoms with Crippen molar-refractivity contribution in [3.8, 4) is 0 Å². The second-order valence-corrected chi connectivity index (χ2v) is 8.09. The van der Waals surface area contributed by atoms with Crippen LogP contribution in [0.5, 0.6) is 0 Å². The Morgan fingerprint density at radius 3 is 2.59 bits per heavy atom. The van der Waals surface area contributed by atoms with Crippen LogP contribution in [0.4, 0.5) is 13.2 Å². The van der Waals surface area contributed by atoms with Crippen molar-refractivity contribution in [2.75, 3.05) is 13.1 Å². The van der Waals surface area contributed by atoms with Crippen molar-refractivity contribution in [1.29, 1.82) is 0 Å². The lowest BCUT2D eigenvalue weighted by Crippen LogP contribution is -2.41. The number of carboxylic acid groups (broad SMARTS) is 1. The predicted molar refractivity (Wildman–Crippen MR) is 108 cm³/mol. The van der Waals surface area contributed by atoms with Gasteiger partial charge in [0.2, 0.25) is 5.91 Å². The molecule has 1 aliphatic heterocycles. The third-order valence-corrected chi connectivity index (χ3v) is 5.75. The van der Waals surface area contributed by atoms with Crippen molar-refractivity contribution >= 4 is 11.9 Å². The van der Waals surface area contributed by atoms with Crippen LogP contribution in [0.25, 0.3) is 0 Å². The number of rotatable bonds is 6. The molecule has 1 saturated carbocycles. The van der Waals surface area contributed by atoms with Gasteiger partial charge in [0.1, 0.15) is 11.6 Å². The molecule has 1 atom stereocenters. The number of nitrogens with zero attached hydrogens (tertiary/aromatic N) is 3.